The number of carbonyl (C=O) groups is 2. The molecule has 27 heavy (non-hydrogen) atoms. The van der Waals surface area contributed by atoms with Gasteiger partial charge in [-0.1, -0.05) is 20.8 Å². The first kappa shape index (κ1) is 19.6. The van der Waals surface area contributed by atoms with Gasteiger partial charge in [0.1, 0.15) is 0 Å². The molecular formula is C18H23F3N2O4. The third kappa shape index (κ3) is 2.20. The molecule has 0 spiro atoms. The summed E-state index contributed by atoms with van der Waals surface area (Å²) in [4.78, 5) is 25.1. The maximum absolute atomic E-state index is 14.1. The zero-order chi connectivity index (χ0) is 20.5. The molecule has 9 heteroatoms. The first-order chi connectivity index (χ1) is 12.4. The van der Waals surface area contributed by atoms with Crippen LogP contribution in [0.5, 0.6) is 0 Å². The summed E-state index contributed by atoms with van der Waals surface area (Å²) in [7, 11) is 2.22. The van der Waals surface area contributed by atoms with E-state index in [9.17, 15) is 22.8 Å². The molecular weight excluding hydrogens is 365 g/mol. The van der Waals surface area contributed by atoms with Gasteiger partial charge in [-0.15, -0.1) is 0 Å². The molecule has 1 saturated heterocycles. The Labute approximate surface area is 155 Å². The lowest BCUT2D eigenvalue weighted by molar-refractivity contribution is -0.233. The van der Waals surface area contributed by atoms with Gasteiger partial charge in [0, 0.05) is 17.5 Å². The molecule has 0 aliphatic carbocycles. The number of nitrogens with zero attached hydrogens (tertiary/aromatic N) is 2. The van der Waals surface area contributed by atoms with Crippen molar-refractivity contribution in [3.63, 3.8) is 0 Å². The van der Waals surface area contributed by atoms with Gasteiger partial charge in [-0.3, -0.25) is 10.0 Å². The third-order valence-electron chi connectivity index (χ3n) is 6.01. The largest absolute Gasteiger partial charge is 0.466 e. The summed E-state index contributed by atoms with van der Waals surface area (Å²) in [5.41, 5.74) is -2.15. The van der Waals surface area contributed by atoms with E-state index < -0.39 is 40.8 Å². The molecule has 0 aromatic heterocycles. The van der Waals surface area contributed by atoms with Crippen LogP contribution in [0.15, 0.2) is 22.5 Å². The summed E-state index contributed by atoms with van der Waals surface area (Å²) in [5.74, 6) is -1.82. The van der Waals surface area contributed by atoms with Crippen molar-refractivity contribution in [3.8, 4) is 0 Å². The Morgan fingerprint density at radius 2 is 1.70 bits per heavy atom. The Morgan fingerprint density at radius 3 is 2.15 bits per heavy atom. The second kappa shape index (κ2) is 5.65. The van der Waals surface area contributed by atoms with Crippen LogP contribution in [-0.4, -0.2) is 53.9 Å². The summed E-state index contributed by atoms with van der Waals surface area (Å²) in [6.45, 7) is 6.66. The molecule has 1 fully saturated rings. The molecule has 0 saturated carbocycles. The van der Waals surface area contributed by atoms with Crippen molar-refractivity contribution >= 4 is 11.9 Å². The first-order valence-electron chi connectivity index (χ1n) is 8.67. The number of halogens is 3. The summed E-state index contributed by atoms with van der Waals surface area (Å²) in [6.07, 6.45) is -4.39. The Balaban J connectivity index is 2.37. The zero-order valence-corrected chi connectivity index (χ0v) is 16.2. The number of ether oxygens (including phenoxy) is 2. The third-order valence-corrected chi connectivity index (χ3v) is 6.01. The lowest BCUT2D eigenvalue weighted by atomic mass is 9.75. The fraction of sp³-hybridized carbons (Fsp3) is 0.667. The summed E-state index contributed by atoms with van der Waals surface area (Å²) < 4.78 is 51.9. The van der Waals surface area contributed by atoms with Crippen LogP contribution in [0.3, 0.4) is 0 Å². The smallest absolute Gasteiger partial charge is 0.413 e. The van der Waals surface area contributed by atoms with E-state index in [0.29, 0.717) is 12.1 Å². The van der Waals surface area contributed by atoms with E-state index in [1.54, 1.807) is 0 Å². The summed E-state index contributed by atoms with van der Waals surface area (Å²) >= 11 is 0. The van der Waals surface area contributed by atoms with Crippen LogP contribution in [0.1, 0.15) is 40.5 Å². The van der Waals surface area contributed by atoms with Crippen LogP contribution < -0.4 is 0 Å². The fourth-order valence-electron chi connectivity index (χ4n) is 4.77. The van der Waals surface area contributed by atoms with Gasteiger partial charge in [-0.25, -0.2) is 9.59 Å². The fourth-order valence-corrected chi connectivity index (χ4v) is 4.77. The normalized spacial score (nSPS) is 28.9. The monoisotopic (exact) mass is 388 g/mol. The molecule has 0 bridgehead atoms. The van der Waals surface area contributed by atoms with E-state index in [1.807, 2.05) is 20.8 Å². The van der Waals surface area contributed by atoms with Crippen molar-refractivity contribution in [1.82, 2.24) is 10.0 Å². The average molecular weight is 388 g/mol. The van der Waals surface area contributed by atoms with Gasteiger partial charge < -0.3 is 9.47 Å². The molecule has 0 aromatic carbocycles. The van der Waals surface area contributed by atoms with E-state index in [2.05, 4.69) is 0 Å². The molecule has 2 atom stereocenters. The Bertz CT molecular complexity index is 784. The van der Waals surface area contributed by atoms with Gasteiger partial charge >= 0.3 is 18.1 Å². The van der Waals surface area contributed by atoms with Crippen LogP contribution in [0.4, 0.5) is 13.2 Å². The van der Waals surface area contributed by atoms with Crippen LogP contribution >= 0.6 is 0 Å². The minimum Gasteiger partial charge on any atom is -0.466 e. The standard InChI is InChI=1S/C18H23F3N2O4/c1-7-9-10-8-17(4,18(19,20)21)23-12(15(25)27-6)11(14(24)26-5)13(22(10)23)16(9,2)3/h13H,7-8H2,1-6H3/t13-,17+/m1/s1. The van der Waals surface area contributed by atoms with E-state index >= 15 is 0 Å². The number of hydrogen-bond acceptors (Lipinski definition) is 6. The molecule has 6 nitrogen and oxygen atoms in total. The number of methoxy groups -OCH3 is 2. The van der Waals surface area contributed by atoms with E-state index in [1.165, 1.54) is 5.01 Å². The number of alkyl halides is 3. The number of rotatable bonds is 3. The van der Waals surface area contributed by atoms with Gasteiger partial charge in [-0.2, -0.15) is 13.2 Å². The molecule has 3 heterocycles. The van der Waals surface area contributed by atoms with Crippen LogP contribution in [0.25, 0.3) is 0 Å². The molecule has 3 aliphatic heterocycles. The summed E-state index contributed by atoms with van der Waals surface area (Å²) in [5, 5.41) is 2.38. The highest BCUT2D eigenvalue weighted by atomic mass is 19.4. The predicted octanol–water partition coefficient (Wildman–Crippen LogP) is 2.92. The maximum atomic E-state index is 14.1. The van der Waals surface area contributed by atoms with Gasteiger partial charge in [0.25, 0.3) is 0 Å². The average Bonchev–Trinajstić information content (AvgIpc) is 3.15. The maximum Gasteiger partial charge on any atom is 0.413 e. The topological polar surface area (TPSA) is 59.1 Å². The highest BCUT2D eigenvalue weighted by Gasteiger charge is 2.71. The van der Waals surface area contributed by atoms with Crippen molar-refractivity contribution in [2.45, 2.75) is 58.3 Å². The molecule has 0 amide bonds. The number of hydrazine groups is 1. The van der Waals surface area contributed by atoms with Crippen molar-refractivity contribution in [2.24, 2.45) is 5.41 Å². The molecule has 150 valence electrons. The van der Waals surface area contributed by atoms with Gasteiger partial charge in [0.05, 0.1) is 25.8 Å². The Hall–Kier alpha value is -2.19. The minimum atomic E-state index is -4.64. The van der Waals surface area contributed by atoms with Gasteiger partial charge in [-0.05, 0) is 18.9 Å². The SMILES string of the molecule is CCC1=C2C[C@@](C)(C(F)(F)F)N3C(C(=O)OC)=C(C(=O)OC)[C@@H](N23)C1(C)C. The van der Waals surface area contributed by atoms with Crippen LogP contribution in [0.2, 0.25) is 0 Å². The molecule has 0 N–H and O–H groups in total. The van der Waals surface area contributed by atoms with Crippen LogP contribution in [-0.2, 0) is 19.1 Å². The summed E-state index contributed by atoms with van der Waals surface area (Å²) in [6, 6.07) is -0.756. The van der Waals surface area contributed by atoms with Crippen molar-refractivity contribution < 1.29 is 32.2 Å². The van der Waals surface area contributed by atoms with Crippen molar-refractivity contribution in [2.75, 3.05) is 14.2 Å². The highest BCUT2D eigenvalue weighted by molar-refractivity contribution is 6.02. The van der Waals surface area contributed by atoms with Crippen molar-refractivity contribution in [1.29, 1.82) is 0 Å². The quantitative estimate of drug-likeness (QED) is 0.693. The van der Waals surface area contributed by atoms with Gasteiger partial charge in [0.15, 0.2) is 11.2 Å². The minimum absolute atomic E-state index is 0.0922. The lowest BCUT2D eigenvalue weighted by Crippen LogP contribution is -2.56. The van der Waals surface area contributed by atoms with Gasteiger partial charge in [0.2, 0.25) is 0 Å². The van der Waals surface area contributed by atoms with Crippen LogP contribution in [0, 0.1) is 5.41 Å². The zero-order valence-electron chi connectivity index (χ0n) is 16.2. The number of hydrogen-bond donors (Lipinski definition) is 0. The lowest BCUT2D eigenvalue weighted by Gasteiger charge is -2.41. The predicted molar refractivity (Wildman–Crippen MR) is 88.7 cm³/mol. The van der Waals surface area contributed by atoms with E-state index in [0.717, 1.165) is 31.7 Å². The molecule has 0 unspecified atom stereocenters. The first-order valence-corrected chi connectivity index (χ1v) is 8.67. The second-order valence-corrected chi connectivity index (χ2v) is 7.75. The molecule has 0 aromatic rings. The number of carbonyl (C=O) groups excluding carboxylic acids is 2. The number of esters is 2. The molecule has 3 aliphatic rings. The highest BCUT2D eigenvalue weighted by Crippen LogP contribution is 2.63. The molecule has 3 rings (SSSR count). The Morgan fingerprint density at radius 1 is 1.15 bits per heavy atom. The molecule has 0 radical (unpaired) electrons. The Kier molecular flexibility index (Phi) is 4.10. The second-order valence-electron chi connectivity index (χ2n) is 7.75. The van der Waals surface area contributed by atoms with E-state index in [-0.39, 0.29) is 12.0 Å². The van der Waals surface area contributed by atoms with Crippen molar-refractivity contribution in [3.05, 3.63) is 22.5 Å². The van der Waals surface area contributed by atoms with E-state index in [4.69, 9.17) is 9.47 Å².